The second kappa shape index (κ2) is 6.04. The van der Waals surface area contributed by atoms with Gasteiger partial charge < -0.3 is 10.5 Å². The van der Waals surface area contributed by atoms with Crippen LogP contribution in [0.4, 0.5) is 13.2 Å². The zero-order chi connectivity index (χ0) is 12.8. The number of rotatable bonds is 4. The van der Waals surface area contributed by atoms with Crippen LogP contribution < -0.4 is 15.9 Å². The second-order valence-electron chi connectivity index (χ2n) is 2.77. The number of ether oxygens (including phenoxy) is 1. The molecule has 1 aromatic rings. The van der Waals surface area contributed by atoms with E-state index in [2.05, 4.69) is 27.5 Å². The Balaban J connectivity index is 2.94. The number of nitrogens with two attached hydrogens (primary N) is 1. The summed E-state index contributed by atoms with van der Waals surface area (Å²) in [7, 11) is 0. The van der Waals surface area contributed by atoms with Gasteiger partial charge in [-0.2, -0.15) is 13.9 Å². The first-order valence-corrected chi connectivity index (χ1v) is 4.73. The Bertz CT molecular complexity index is 439. The van der Waals surface area contributed by atoms with Crippen LogP contribution in [0.25, 0.3) is 0 Å². The van der Waals surface area contributed by atoms with Crippen LogP contribution in [0.1, 0.15) is 5.56 Å². The van der Waals surface area contributed by atoms with Crippen LogP contribution >= 0.6 is 12.2 Å². The van der Waals surface area contributed by atoms with Gasteiger partial charge in [-0.05, 0) is 24.4 Å². The predicted molar refractivity (Wildman–Crippen MR) is 60.5 cm³/mol. The Morgan fingerprint density at radius 1 is 1.53 bits per heavy atom. The summed E-state index contributed by atoms with van der Waals surface area (Å²) in [6.07, 6.45) is 1.07. The van der Waals surface area contributed by atoms with E-state index in [4.69, 9.17) is 5.73 Å². The van der Waals surface area contributed by atoms with Crippen molar-refractivity contribution in [2.45, 2.75) is 6.61 Å². The molecule has 0 aliphatic carbocycles. The van der Waals surface area contributed by atoms with E-state index in [1.807, 2.05) is 0 Å². The number of thiocarbonyl (C=S) groups is 1. The monoisotopic (exact) mass is 263 g/mol. The van der Waals surface area contributed by atoms with Crippen LogP contribution in [-0.2, 0) is 0 Å². The van der Waals surface area contributed by atoms with Gasteiger partial charge in [0.1, 0.15) is 0 Å². The van der Waals surface area contributed by atoms with E-state index in [1.165, 1.54) is 12.1 Å². The number of halogens is 3. The van der Waals surface area contributed by atoms with Crippen molar-refractivity contribution < 1.29 is 17.9 Å². The topological polar surface area (TPSA) is 59.6 Å². The third-order valence-electron chi connectivity index (χ3n) is 1.58. The third-order valence-corrected chi connectivity index (χ3v) is 1.67. The van der Waals surface area contributed by atoms with E-state index in [-0.39, 0.29) is 10.7 Å². The van der Waals surface area contributed by atoms with Crippen molar-refractivity contribution in [2.75, 3.05) is 0 Å². The van der Waals surface area contributed by atoms with Crippen molar-refractivity contribution in [1.29, 1.82) is 0 Å². The largest absolute Gasteiger partial charge is 0.431 e. The first-order valence-electron chi connectivity index (χ1n) is 4.32. The van der Waals surface area contributed by atoms with E-state index in [0.717, 1.165) is 12.3 Å². The minimum Gasteiger partial charge on any atom is -0.431 e. The molecule has 17 heavy (non-hydrogen) atoms. The molecule has 1 aromatic carbocycles. The van der Waals surface area contributed by atoms with Gasteiger partial charge in [0, 0.05) is 5.56 Å². The molecule has 0 aromatic heterocycles. The number of para-hydroxylation sites is 1. The minimum absolute atomic E-state index is 0.0362. The molecule has 0 saturated heterocycles. The first kappa shape index (κ1) is 13.2. The highest BCUT2D eigenvalue weighted by Crippen LogP contribution is 2.22. The molecule has 3 N–H and O–H groups in total. The second-order valence-corrected chi connectivity index (χ2v) is 3.21. The molecule has 0 aliphatic heterocycles. The Hall–Kier alpha value is -1.83. The quantitative estimate of drug-likeness (QED) is 0.492. The van der Waals surface area contributed by atoms with E-state index in [1.54, 1.807) is 0 Å². The fourth-order valence-electron chi connectivity index (χ4n) is 1.01. The average Bonchev–Trinajstić information content (AvgIpc) is 2.22. The van der Waals surface area contributed by atoms with Gasteiger partial charge in [0.2, 0.25) is 0 Å². The standard InChI is InChI=1S/C9H8F3N3OS/c10-6-3-1-2-5(4-14-15-9(13)17)7(6)16-8(11)12/h1-4,8H,(H3,13,15,17). The molecule has 0 spiro atoms. The maximum Gasteiger partial charge on any atom is 0.387 e. The van der Waals surface area contributed by atoms with Gasteiger partial charge in [-0.1, -0.05) is 6.07 Å². The maximum absolute atomic E-state index is 13.2. The van der Waals surface area contributed by atoms with Crippen molar-refractivity contribution in [3.8, 4) is 5.75 Å². The number of nitrogens with zero attached hydrogens (tertiary/aromatic N) is 1. The van der Waals surface area contributed by atoms with Gasteiger partial charge in [-0.3, -0.25) is 5.43 Å². The van der Waals surface area contributed by atoms with Crippen LogP contribution in [0.15, 0.2) is 23.3 Å². The van der Waals surface area contributed by atoms with Crippen LogP contribution in [0.5, 0.6) is 5.75 Å². The molecule has 0 fully saturated rings. The molecule has 1 rings (SSSR count). The molecular weight excluding hydrogens is 255 g/mol. The number of nitrogens with one attached hydrogen (secondary N) is 1. The highest BCUT2D eigenvalue weighted by atomic mass is 32.1. The highest BCUT2D eigenvalue weighted by molar-refractivity contribution is 7.80. The summed E-state index contributed by atoms with van der Waals surface area (Å²) >= 11 is 4.47. The first-order chi connectivity index (χ1) is 8.00. The Kier molecular flexibility index (Phi) is 4.70. The molecule has 0 radical (unpaired) electrons. The molecule has 0 amide bonds. The summed E-state index contributed by atoms with van der Waals surface area (Å²) in [6.45, 7) is -3.12. The fourth-order valence-corrected chi connectivity index (χ4v) is 1.06. The van der Waals surface area contributed by atoms with Gasteiger partial charge in [-0.15, -0.1) is 0 Å². The maximum atomic E-state index is 13.2. The summed E-state index contributed by atoms with van der Waals surface area (Å²) in [5.41, 5.74) is 7.33. The lowest BCUT2D eigenvalue weighted by atomic mass is 10.2. The van der Waals surface area contributed by atoms with Gasteiger partial charge in [0.15, 0.2) is 16.7 Å². The third kappa shape index (κ3) is 4.27. The lowest BCUT2D eigenvalue weighted by molar-refractivity contribution is -0.0522. The van der Waals surface area contributed by atoms with E-state index in [9.17, 15) is 13.2 Å². The fraction of sp³-hybridized carbons (Fsp3) is 0.111. The van der Waals surface area contributed by atoms with Crippen LogP contribution in [-0.4, -0.2) is 17.9 Å². The highest BCUT2D eigenvalue weighted by Gasteiger charge is 2.13. The van der Waals surface area contributed by atoms with E-state index < -0.39 is 18.2 Å². The predicted octanol–water partition coefficient (Wildman–Crippen LogP) is 1.59. The number of hydrazone groups is 1. The van der Waals surface area contributed by atoms with Crippen molar-refractivity contribution in [1.82, 2.24) is 5.43 Å². The van der Waals surface area contributed by atoms with Gasteiger partial charge in [0.05, 0.1) is 6.21 Å². The molecule has 92 valence electrons. The van der Waals surface area contributed by atoms with Crippen molar-refractivity contribution >= 4 is 23.5 Å². The van der Waals surface area contributed by atoms with Crippen molar-refractivity contribution in [3.05, 3.63) is 29.6 Å². The van der Waals surface area contributed by atoms with Crippen LogP contribution in [0, 0.1) is 5.82 Å². The summed E-state index contributed by atoms with van der Waals surface area (Å²) in [5, 5.41) is 3.41. The van der Waals surface area contributed by atoms with Crippen molar-refractivity contribution in [3.63, 3.8) is 0 Å². The van der Waals surface area contributed by atoms with Crippen molar-refractivity contribution in [2.24, 2.45) is 10.8 Å². The molecule has 0 atom stereocenters. The lowest BCUT2D eigenvalue weighted by Gasteiger charge is -2.08. The smallest absolute Gasteiger partial charge is 0.387 e. The molecule has 0 saturated carbocycles. The summed E-state index contributed by atoms with van der Waals surface area (Å²) < 4.78 is 41.3. The normalized spacial score (nSPS) is 10.8. The summed E-state index contributed by atoms with van der Waals surface area (Å²) in [5.74, 6) is -1.50. The van der Waals surface area contributed by atoms with Gasteiger partial charge in [0.25, 0.3) is 0 Å². The summed E-state index contributed by atoms with van der Waals surface area (Å²) in [4.78, 5) is 0. The molecule has 0 aliphatic rings. The molecular formula is C9H8F3N3OS. The molecule has 0 heterocycles. The number of hydrogen-bond acceptors (Lipinski definition) is 3. The van der Waals surface area contributed by atoms with Gasteiger partial charge in [-0.25, -0.2) is 4.39 Å². The number of alkyl halides is 2. The minimum atomic E-state index is -3.12. The molecule has 0 unspecified atom stereocenters. The molecule has 8 heteroatoms. The van der Waals surface area contributed by atoms with Crippen LogP contribution in [0.2, 0.25) is 0 Å². The number of benzene rings is 1. The zero-order valence-corrected chi connectivity index (χ0v) is 9.18. The zero-order valence-electron chi connectivity index (χ0n) is 8.36. The summed E-state index contributed by atoms with van der Waals surface area (Å²) in [6, 6.07) is 3.68. The molecule has 4 nitrogen and oxygen atoms in total. The Morgan fingerprint density at radius 3 is 2.82 bits per heavy atom. The Labute approximate surface area is 100 Å². The Morgan fingerprint density at radius 2 is 2.24 bits per heavy atom. The van der Waals surface area contributed by atoms with Crippen LogP contribution in [0.3, 0.4) is 0 Å². The lowest BCUT2D eigenvalue weighted by Crippen LogP contribution is -2.24. The SMILES string of the molecule is NC(=S)NN=Cc1cccc(F)c1OC(F)F. The van der Waals surface area contributed by atoms with E-state index in [0.29, 0.717) is 0 Å². The van der Waals surface area contributed by atoms with Gasteiger partial charge >= 0.3 is 6.61 Å². The van der Waals surface area contributed by atoms with E-state index >= 15 is 0 Å². The molecule has 0 bridgehead atoms. The number of hydrogen-bond donors (Lipinski definition) is 2. The average molecular weight is 263 g/mol.